The highest BCUT2D eigenvalue weighted by Gasteiger charge is 2.19. The number of carbonyl (C=O) groups is 1. The fourth-order valence-electron chi connectivity index (χ4n) is 2.28. The van der Waals surface area contributed by atoms with Crippen LogP contribution in [0.2, 0.25) is 0 Å². The number of carbonyl (C=O) groups excluding carboxylic acids is 1. The van der Waals surface area contributed by atoms with Crippen molar-refractivity contribution in [3.63, 3.8) is 0 Å². The summed E-state index contributed by atoms with van der Waals surface area (Å²) in [4.78, 5) is 12.2. The van der Waals surface area contributed by atoms with Crippen LogP contribution in [-0.2, 0) is 4.74 Å². The molecule has 2 N–H and O–H groups in total. The predicted octanol–water partition coefficient (Wildman–Crippen LogP) is 2.58. The van der Waals surface area contributed by atoms with Crippen LogP contribution in [0.3, 0.4) is 0 Å². The lowest BCUT2D eigenvalue weighted by Crippen LogP contribution is -2.19. The topological polar surface area (TPSA) is 52.3 Å². The summed E-state index contributed by atoms with van der Waals surface area (Å²) in [6.45, 7) is 3.48. The van der Waals surface area contributed by atoms with Gasteiger partial charge in [-0.05, 0) is 37.3 Å². The van der Waals surface area contributed by atoms with E-state index < -0.39 is 0 Å². The van der Waals surface area contributed by atoms with E-state index in [9.17, 15) is 4.79 Å². The van der Waals surface area contributed by atoms with Crippen molar-refractivity contribution in [1.82, 2.24) is 0 Å². The number of ketones is 1. The fraction of sp³-hybridized carbons (Fsp3) is 0.500. The van der Waals surface area contributed by atoms with Gasteiger partial charge in [-0.15, -0.1) is 0 Å². The molecule has 1 heterocycles. The maximum absolute atomic E-state index is 12.2. The summed E-state index contributed by atoms with van der Waals surface area (Å²) in [6.07, 6.45) is 2.61. The minimum absolute atomic E-state index is 0.210. The van der Waals surface area contributed by atoms with Crippen LogP contribution in [-0.4, -0.2) is 19.0 Å². The number of hydrogen-bond donors (Lipinski definition) is 1. The van der Waals surface area contributed by atoms with Gasteiger partial charge in [-0.2, -0.15) is 0 Å². The number of nitrogen functional groups attached to an aromatic ring is 1. The Hall–Kier alpha value is -1.35. The zero-order chi connectivity index (χ0) is 12.3. The van der Waals surface area contributed by atoms with Crippen LogP contribution in [0, 0.1) is 12.8 Å². The third-order valence-electron chi connectivity index (χ3n) is 3.49. The Kier molecular flexibility index (Phi) is 3.79. The molecule has 0 bridgehead atoms. The molecule has 0 amide bonds. The van der Waals surface area contributed by atoms with Crippen LogP contribution < -0.4 is 5.73 Å². The Morgan fingerprint density at radius 1 is 1.41 bits per heavy atom. The molecular weight excluding hydrogens is 214 g/mol. The van der Waals surface area contributed by atoms with E-state index in [2.05, 4.69) is 0 Å². The van der Waals surface area contributed by atoms with E-state index in [1.54, 1.807) is 0 Å². The second-order valence-corrected chi connectivity index (χ2v) is 4.70. The molecule has 0 radical (unpaired) electrons. The van der Waals surface area contributed by atoms with E-state index in [4.69, 9.17) is 10.5 Å². The van der Waals surface area contributed by atoms with Crippen LogP contribution >= 0.6 is 0 Å². The van der Waals surface area contributed by atoms with E-state index in [1.165, 1.54) is 0 Å². The third-order valence-corrected chi connectivity index (χ3v) is 3.49. The number of Topliss-reactive ketones (excluding diaryl/α,β-unsaturated/α-hetero) is 1. The minimum atomic E-state index is 0.210. The normalized spacial score (nSPS) is 17.0. The quantitative estimate of drug-likeness (QED) is 0.645. The van der Waals surface area contributed by atoms with Crippen LogP contribution in [0.25, 0.3) is 0 Å². The number of ether oxygens (including phenoxy) is 1. The first-order valence-corrected chi connectivity index (χ1v) is 6.14. The lowest BCUT2D eigenvalue weighted by Gasteiger charge is -2.21. The standard InChI is InChI=1S/C14H19NO2/c1-10-12(3-2-4-13(10)15)14(16)9-11-5-7-17-8-6-11/h2-4,11H,5-9,15H2,1H3. The number of nitrogens with two attached hydrogens (primary N) is 1. The molecule has 0 unspecified atom stereocenters. The summed E-state index contributed by atoms with van der Waals surface area (Å²) < 4.78 is 5.30. The van der Waals surface area contributed by atoms with Gasteiger partial charge in [-0.3, -0.25) is 4.79 Å². The Morgan fingerprint density at radius 2 is 2.12 bits per heavy atom. The van der Waals surface area contributed by atoms with Crippen molar-refractivity contribution in [3.8, 4) is 0 Å². The van der Waals surface area contributed by atoms with Crippen LogP contribution in [0.15, 0.2) is 18.2 Å². The molecule has 1 saturated heterocycles. The highest BCUT2D eigenvalue weighted by Crippen LogP contribution is 2.23. The van der Waals surface area contributed by atoms with Crippen molar-refractivity contribution in [2.24, 2.45) is 5.92 Å². The van der Waals surface area contributed by atoms with E-state index in [1.807, 2.05) is 25.1 Å². The highest BCUT2D eigenvalue weighted by atomic mass is 16.5. The SMILES string of the molecule is Cc1c(N)cccc1C(=O)CC1CCOCC1. The molecule has 1 fully saturated rings. The predicted molar refractivity (Wildman–Crippen MR) is 68.1 cm³/mol. The Bertz CT molecular complexity index is 409. The third kappa shape index (κ3) is 2.86. The van der Waals surface area contributed by atoms with E-state index >= 15 is 0 Å². The number of anilines is 1. The lowest BCUT2D eigenvalue weighted by molar-refractivity contribution is 0.0601. The van der Waals surface area contributed by atoms with Crippen molar-refractivity contribution in [2.75, 3.05) is 18.9 Å². The van der Waals surface area contributed by atoms with Crippen molar-refractivity contribution < 1.29 is 9.53 Å². The zero-order valence-corrected chi connectivity index (χ0v) is 10.2. The van der Waals surface area contributed by atoms with Gasteiger partial charge in [0.2, 0.25) is 0 Å². The number of benzene rings is 1. The van der Waals surface area contributed by atoms with Gasteiger partial charge in [0.25, 0.3) is 0 Å². The van der Waals surface area contributed by atoms with Crippen molar-refractivity contribution in [3.05, 3.63) is 29.3 Å². The summed E-state index contributed by atoms with van der Waals surface area (Å²) in [5.41, 5.74) is 8.20. The summed E-state index contributed by atoms with van der Waals surface area (Å²) >= 11 is 0. The Balaban J connectivity index is 2.06. The first-order chi connectivity index (χ1) is 8.18. The van der Waals surface area contributed by atoms with Gasteiger partial charge in [-0.25, -0.2) is 0 Å². The molecule has 17 heavy (non-hydrogen) atoms. The van der Waals surface area contributed by atoms with Crippen LogP contribution in [0.5, 0.6) is 0 Å². The number of hydrogen-bond acceptors (Lipinski definition) is 3. The molecule has 1 aliphatic rings. The van der Waals surface area contributed by atoms with Gasteiger partial charge in [0.1, 0.15) is 0 Å². The van der Waals surface area contributed by atoms with E-state index in [0.717, 1.165) is 37.2 Å². The van der Waals surface area contributed by atoms with E-state index in [0.29, 0.717) is 18.0 Å². The summed E-state index contributed by atoms with van der Waals surface area (Å²) in [5, 5.41) is 0. The highest BCUT2D eigenvalue weighted by molar-refractivity contribution is 5.98. The van der Waals surface area contributed by atoms with Gasteiger partial charge in [0, 0.05) is 30.9 Å². The first-order valence-electron chi connectivity index (χ1n) is 6.14. The van der Waals surface area contributed by atoms with Crippen LogP contribution in [0.4, 0.5) is 5.69 Å². The summed E-state index contributed by atoms with van der Waals surface area (Å²) in [6, 6.07) is 5.55. The van der Waals surface area contributed by atoms with Gasteiger partial charge >= 0.3 is 0 Å². The van der Waals surface area contributed by atoms with Crippen molar-refractivity contribution >= 4 is 11.5 Å². The second kappa shape index (κ2) is 5.32. The zero-order valence-electron chi connectivity index (χ0n) is 10.2. The average molecular weight is 233 g/mol. The van der Waals surface area contributed by atoms with E-state index in [-0.39, 0.29) is 5.78 Å². The molecule has 3 heteroatoms. The monoisotopic (exact) mass is 233 g/mol. The molecule has 0 saturated carbocycles. The average Bonchev–Trinajstić information content (AvgIpc) is 2.34. The first kappa shape index (κ1) is 12.1. The van der Waals surface area contributed by atoms with Gasteiger partial charge < -0.3 is 10.5 Å². The summed E-state index contributed by atoms with van der Waals surface area (Å²) in [5.74, 6) is 0.679. The summed E-state index contributed by atoms with van der Waals surface area (Å²) in [7, 11) is 0. The smallest absolute Gasteiger partial charge is 0.163 e. The molecule has 1 aromatic carbocycles. The largest absolute Gasteiger partial charge is 0.398 e. The molecule has 0 aromatic heterocycles. The molecule has 92 valence electrons. The fourth-order valence-corrected chi connectivity index (χ4v) is 2.28. The van der Waals surface area contributed by atoms with Crippen molar-refractivity contribution in [2.45, 2.75) is 26.2 Å². The molecule has 0 aliphatic carbocycles. The van der Waals surface area contributed by atoms with Crippen LogP contribution in [0.1, 0.15) is 35.2 Å². The second-order valence-electron chi connectivity index (χ2n) is 4.70. The molecule has 0 atom stereocenters. The molecular formula is C14H19NO2. The molecule has 2 rings (SSSR count). The maximum atomic E-state index is 12.2. The van der Waals surface area contributed by atoms with Crippen molar-refractivity contribution in [1.29, 1.82) is 0 Å². The van der Waals surface area contributed by atoms with Gasteiger partial charge in [0.15, 0.2) is 5.78 Å². The minimum Gasteiger partial charge on any atom is -0.398 e. The number of rotatable bonds is 3. The molecule has 1 aromatic rings. The van der Waals surface area contributed by atoms with Gasteiger partial charge in [0.05, 0.1) is 0 Å². The molecule has 3 nitrogen and oxygen atoms in total. The Labute approximate surface area is 102 Å². The molecule has 1 aliphatic heterocycles. The lowest BCUT2D eigenvalue weighted by atomic mass is 9.90. The van der Waals surface area contributed by atoms with Gasteiger partial charge in [-0.1, -0.05) is 12.1 Å². The Morgan fingerprint density at radius 3 is 2.82 bits per heavy atom. The maximum Gasteiger partial charge on any atom is 0.163 e. The molecule has 0 spiro atoms.